The fraction of sp³-hybridized carbons (Fsp3) is 0.200. The van der Waals surface area contributed by atoms with Crippen molar-refractivity contribution in [2.24, 2.45) is 0 Å². The van der Waals surface area contributed by atoms with Crippen LogP contribution in [-0.4, -0.2) is 5.11 Å². The van der Waals surface area contributed by atoms with Crippen LogP contribution in [0.2, 0.25) is 5.02 Å². The molecule has 2 nitrogen and oxygen atoms in total. The molecule has 0 aliphatic carbocycles. The topological polar surface area (TPSA) is 29.5 Å². The molecule has 4 heteroatoms. The highest BCUT2D eigenvalue weighted by molar-refractivity contribution is 9.10. The average molecular weight is 342 g/mol. The summed E-state index contributed by atoms with van der Waals surface area (Å²) in [6, 6.07) is 11.7. The van der Waals surface area contributed by atoms with Crippen LogP contribution in [0.4, 0.5) is 0 Å². The van der Waals surface area contributed by atoms with Crippen molar-refractivity contribution in [1.82, 2.24) is 0 Å². The molecule has 0 aromatic heterocycles. The zero-order chi connectivity index (χ0) is 13.8. The first-order chi connectivity index (χ1) is 9.10. The quantitative estimate of drug-likeness (QED) is 0.888. The molecule has 0 unspecified atom stereocenters. The molecule has 0 bridgehead atoms. The maximum atomic E-state index is 9.09. The first-order valence-corrected chi connectivity index (χ1v) is 7.04. The van der Waals surface area contributed by atoms with Gasteiger partial charge in [-0.15, -0.1) is 0 Å². The van der Waals surface area contributed by atoms with E-state index in [2.05, 4.69) is 15.9 Å². The van der Waals surface area contributed by atoms with E-state index in [1.807, 2.05) is 31.2 Å². The zero-order valence-electron chi connectivity index (χ0n) is 10.5. The summed E-state index contributed by atoms with van der Waals surface area (Å²) < 4.78 is 6.48. The van der Waals surface area contributed by atoms with E-state index in [0.717, 1.165) is 15.6 Å². The van der Waals surface area contributed by atoms with E-state index in [-0.39, 0.29) is 6.61 Å². The Labute approximate surface area is 126 Å². The van der Waals surface area contributed by atoms with Crippen molar-refractivity contribution in [3.8, 4) is 5.75 Å². The minimum atomic E-state index is -0.0451. The van der Waals surface area contributed by atoms with E-state index in [1.165, 1.54) is 5.56 Å². The molecular weight excluding hydrogens is 328 g/mol. The van der Waals surface area contributed by atoms with Crippen LogP contribution in [0.25, 0.3) is 0 Å². The SMILES string of the molecule is Cc1ccc(COc2c(Cl)cc(CO)cc2Br)cc1. The number of aliphatic hydroxyl groups is 1. The third-order valence-electron chi connectivity index (χ3n) is 2.74. The number of rotatable bonds is 4. The summed E-state index contributed by atoms with van der Waals surface area (Å²) >= 11 is 9.54. The highest BCUT2D eigenvalue weighted by Crippen LogP contribution is 2.35. The van der Waals surface area contributed by atoms with Crippen molar-refractivity contribution in [3.05, 3.63) is 62.6 Å². The molecule has 2 rings (SSSR count). The van der Waals surface area contributed by atoms with Gasteiger partial charge in [0.2, 0.25) is 0 Å². The molecule has 0 heterocycles. The van der Waals surface area contributed by atoms with Crippen molar-refractivity contribution in [3.63, 3.8) is 0 Å². The number of halogens is 2. The average Bonchev–Trinajstić information content (AvgIpc) is 2.39. The van der Waals surface area contributed by atoms with Gasteiger partial charge in [-0.1, -0.05) is 41.4 Å². The Balaban J connectivity index is 2.13. The summed E-state index contributed by atoms with van der Waals surface area (Å²) in [5, 5.41) is 9.58. The monoisotopic (exact) mass is 340 g/mol. The number of aliphatic hydroxyl groups excluding tert-OH is 1. The van der Waals surface area contributed by atoms with Crippen LogP contribution >= 0.6 is 27.5 Å². The van der Waals surface area contributed by atoms with Crippen LogP contribution in [0.5, 0.6) is 5.75 Å². The van der Waals surface area contributed by atoms with E-state index < -0.39 is 0 Å². The van der Waals surface area contributed by atoms with Gasteiger partial charge in [-0.05, 0) is 46.1 Å². The molecule has 0 spiro atoms. The predicted molar refractivity (Wildman–Crippen MR) is 80.6 cm³/mol. The summed E-state index contributed by atoms with van der Waals surface area (Å²) in [6.07, 6.45) is 0. The van der Waals surface area contributed by atoms with E-state index in [9.17, 15) is 0 Å². The van der Waals surface area contributed by atoms with E-state index >= 15 is 0 Å². The summed E-state index contributed by atoms with van der Waals surface area (Å²) in [7, 11) is 0. The highest BCUT2D eigenvalue weighted by Gasteiger charge is 2.09. The number of aryl methyl sites for hydroxylation is 1. The molecule has 2 aromatic carbocycles. The van der Waals surface area contributed by atoms with Crippen molar-refractivity contribution < 1.29 is 9.84 Å². The summed E-state index contributed by atoms with van der Waals surface area (Å²) in [5.41, 5.74) is 3.05. The number of benzene rings is 2. The van der Waals surface area contributed by atoms with Crippen molar-refractivity contribution in [2.45, 2.75) is 20.1 Å². The minimum absolute atomic E-state index is 0.0451. The van der Waals surface area contributed by atoms with Gasteiger partial charge >= 0.3 is 0 Å². The first-order valence-electron chi connectivity index (χ1n) is 5.87. The Kier molecular flexibility index (Phi) is 4.86. The lowest BCUT2D eigenvalue weighted by Crippen LogP contribution is -1.97. The molecule has 2 aromatic rings. The van der Waals surface area contributed by atoms with E-state index in [0.29, 0.717) is 17.4 Å². The third kappa shape index (κ3) is 3.72. The highest BCUT2D eigenvalue weighted by atomic mass is 79.9. The lowest BCUT2D eigenvalue weighted by molar-refractivity contribution is 0.280. The molecule has 0 amide bonds. The molecule has 19 heavy (non-hydrogen) atoms. The molecule has 0 atom stereocenters. The van der Waals surface area contributed by atoms with Gasteiger partial charge in [-0.2, -0.15) is 0 Å². The third-order valence-corrected chi connectivity index (χ3v) is 3.61. The van der Waals surface area contributed by atoms with Gasteiger partial charge in [0.25, 0.3) is 0 Å². The van der Waals surface area contributed by atoms with Crippen LogP contribution in [0, 0.1) is 6.92 Å². The maximum Gasteiger partial charge on any atom is 0.152 e. The Hall–Kier alpha value is -1.03. The molecule has 0 saturated heterocycles. The molecule has 0 saturated carbocycles. The van der Waals surface area contributed by atoms with Gasteiger partial charge in [0.15, 0.2) is 5.75 Å². The Morgan fingerprint density at radius 1 is 1.16 bits per heavy atom. The Morgan fingerprint density at radius 2 is 1.84 bits per heavy atom. The molecular formula is C15H14BrClO2. The largest absolute Gasteiger partial charge is 0.486 e. The summed E-state index contributed by atoms with van der Waals surface area (Å²) in [5.74, 6) is 0.597. The minimum Gasteiger partial charge on any atom is -0.486 e. The second-order valence-corrected chi connectivity index (χ2v) is 5.58. The van der Waals surface area contributed by atoms with Crippen LogP contribution < -0.4 is 4.74 Å². The van der Waals surface area contributed by atoms with Crippen LogP contribution in [0.3, 0.4) is 0 Å². The molecule has 100 valence electrons. The Bertz CT molecular complexity index is 544. The summed E-state index contributed by atoms with van der Waals surface area (Å²) in [6.45, 7) is 2.46. The maximum absolute atomic E-state index is 9.09. The molecule has 1 N–H and O–H groups in total. The van der Waals surface area contributed by atoms with Gasteiger partial charge in [0, 0.05) is 0 Å². The van der Waals surface area contributed by atoms with Gasteiger partial charge in [-0.25, -0.2) is 0 Å². The van der Waals surface area contributed by atoms with E-state index in [4.69, 9.17) is 21.4 Å². The van der Waals surface area contributed by atoms with Gasteiger partial charge in [0.05, 0.1) is 16.1 Å². The number of hydrogen-bond donors (Lipinski definition) is 1. The zero-order valence-corrected chi connectivity index (χ0v) is 12.8. The van der Waals surface area contributed by atoms with Crippen LogP contribution in [0.15, 0.2) is 40.9 Å². The molecule has 0 aliphatic heterocycles. The lowest BCUT2D eigenvalue weighted by atomic mass is 10.2. The normalized spacial score (nSPS) is 10.5. The standard InChI is InChI=1S/C15H14BrClO2/c1-10-2-4-11(5-3-10)9-19-15-13(16)6-12(8-18)7-14(15)17/h2-7,18H,8-9H2,1H3. The molecule has 0 aliphatic rings. The van der Waals surface area contributed by atoms with Crippen molar-refractivity contribution in [2.75, 3.05) is 0 Å². The second-order valence-electron chi connectivity index (χ2n) is 4.32. The van der Waals surface area contributed by atoms with Crippen molar-refractivity contribution >= 4 is 27.5 Å². The second kappa shape index (κ2) is 6.42. The van der Waals surface area contributed by atoms with Crippen LogP contribution in [-0.2, 0) is 13.2 Å². The van der Waals surface area contributed by atoms with E-state index in [1.54, 1.807) is 12.1 Å². The van der Waals surface area contributed by atoms with Crippen molar-refractivity contribution in [1.29, 1.82) is 0 Å². The first kappa shape index (κ1) is 14.4. The smallest absolute Gasteiger partial charge is 0.152 e. The van der Waals surface area contributed by atoms with Gasteiger partial charge < -0.3 is 9.84 Å². The lowest BCUT2D eigenvalue weighted by Gasteiger charge is -2.11. The summed E-state index contributed by atoms with van der Waals surface area (Å²) in [4.78, 5) is 0. The molecule has 0 fully saturated rings. The van der Waals surface area contributed by atoms with Gasteiger partial charge in [-0.3, -0.25) is 0 Å². The predicted octanol–water partition coefficient (Wildman–Crippen LogP) is 4.48. The number of ether oxygens (including phenoxy) is 1. The number of hydrogen-bond acceptors (Lipinski definition) is 2. The van der Waals surface area contributed by atoms with Gasteiger partial charge in [0.1, 0.15) is 6.61 Å². The molecule has 0 radical (unpaired) electrons. The fourth-order valence-electron chi connectivity index (χ4n) is 1.68. The van der Waals surface area contributed by atoms with Crippen LogP contribution in [0.1, 0.15) is 16.7 Å². The Morgan fingerprint density at radius 3 is 2.42 bits per heavy atom. The fourth-order valence-corrected chi connectivity index (χ4v) is 2.71.